The molecule has 0 saturated heterocycles. The number of aromatic amines is 1. The van der Waals surface area contributed by atoms with E-state index in [1.54, 1.807) is 12.1 Å². The maximum Gasteiger partial charge on any atom is 0.268 e. The molecule has 0 bridgehead atoms. The summed E-state index contributed by atoms with van der Waals surface area (Å²) in [6, 6.07) is 6.39. The van der Waals surface area contributed by atoms with Gasteiger partial charge in [-0.3, -0.25) is 9.89 Å². The Kier molecular flexibility index (Phi) is 3.52. The van der Waals surface area contributed by atoms with Gasteiger partial charge in [-0.2, -0.15) is 0 Å². The van der Waals surface area contributed by atoms with E-state index in [1.165, 1.54) is 10.7 Å². The smallest absolute Gasteiger partial charge is 0.268 e. The van der Waals surface area contributed by atoms with Crippen LogP contribution in [-0.2, 0) is 0 Å². The summed E-state index contributed by atoms with van der Waals surface area (Å²) in [4.78, 5) is 11.6. The summed E-state index contributed by atoms with van der Waals surface area (Å²) in [7, 11) is 0. The molecular weight excluding hydrogens is 282 g/mol. The number of nitrogens with zero attached hydrogens (tertiary/aromatic N) is 1. The first-order chi connectivity index (χ1) is 7.99. The molecule has 0 radical (unpaired) electrons. The Morgan fingerprint density at radius 1 is 1.18 bits per heavy atom. The van der Waals surface area contributed by atoms with E-state index in [-0.39, 0.29) is 11.6 Å². The molecular formula is C11H9Cl3N2O. The molecule has 6 heteroatoms. The van der Waals surface area contributed by atoms with Crippen LogP contribution in [-0.4, -0.2) is 9.78 Å². The van der Waals surface area contributed by atoms with Crippen LogP contribution in [0.15, 0.2) is 29.1 Å². The highest BCUT2D eigenvalue weighted by Gasteiger charge is 2.12. The van der Waals surface area contributed by atoms with Crippen molar-refractivity contribution >= 4 is 34.8 Å². The third-order valence-corrected chi connectivity index (χ3v) is 3.46. The number of hydrogen-bond donors (Lipinski definition) is 1. The highest BCUT2D eigenvalue weighted by atomic mass is 35.5. The third kappa shape index (κ3) is 2.51. The number of benzene rings is 1. The summed E-state index contributed by atoms with van der Waals surface area (Å²) in [6.07, 6.45) is 0. The first kappa shape index (κ1) is 12.6. The van der Waals surface area contributed by atoms with Crippen LogP contribution in [0.3, 0.4) is 0 Å². The van der Waals surface area contributed by atoms with Gasteiger partial charge >= 0.3 is 0 Å². The largest absolute Gasteiger partial charge is 0.284 e. The predicted octanol–water partition coefficient (Wildman–Crippen LogP) is 3.75. The minimum Gasteiger partial charge on any atom is -0.284 e. The van der Waals surface area contributed by atoms with Crippen LogP contribution in [0.5, 0.6) is 0 Å². The van der Waals surface area contributed by atoms with Gasteiger partial charge in [0.05, 0.1) is 16.1 Å². The zero-order valence-electron chi connectivity index (χ0n) is 8.88. The molecule has 0 spiro atoms. The number of hydrogen-bond acceptors (Lipinski definition) is 1. The van der Waals surface area contributed by atoms with Crippen molar-refractivity contribution in [2.24, 2.45) is 0 Å². The standard InChI is InChI=1S/C11H9Cl3N2O/c1-6(16-11(17)5-10(14)15-16)7-2-3-8(12)9(13)4-7/h2-6,15H,1H3. The van der Waals surface area contributed by atoms with Crippen molar-refractivity contribution in [1.29, 1.82) is 0 Å². The third-order valence-electron chi connectivity index (χ3n) is 2.53. The van der Waals surface area contributed by atoms with Crippen molar-refractivity contribution < 1.29 is 0 Å². The van der Waals surface area contributed by atoms with Crippen LogP contribution in [0.4, 0.5) is 0 Å². The molecule has 1 atom stereocenters. The van der Waals surface area contributed by atoms with Gasteiger partial charge in [0.25, 0.3) is 5.56 Å². The highest BCUT2D eigenvalue weighted by molar-refractivity contribution is 6.42. The van der Waals surface area contributed by atoms with E-state index >= 15 is 0 Å². The van der Waals surface area contributed by atoms with E-state index < -0.39 is 0 Å². The molecule has 0 aliphatic carbocycles. The fraction of sp³-hybridized carbons (Fsp3) is 0.182. The van der Waals surface area contributed by atoms with Crippen LogP contribution < -0.4 is 5.56 Å². The van der Waals surface area contributed by atoms with Crippen LogP contribution >= 0.6 is 34.8 Å². The molecule has 1 N–H and O–H groups in total. The normalized spacial score (nSPS) is 12.7. The molecule has 0 saturated carbocycles. The summed E-state index contributed by atoms with van der Waals surface area (Å²) in [5.41, 5.74) is 0.689. The minimum absolute atomic E-state index is 0.187. The second kappa shape index (κ2) is 4.77. The lowest BCUT2D eigenvalue weighted by molar-refractivity contribution is 0.548. The lowest BCUT2D eigenvalue weighted by Gasteiger charge is -2.13. The van der Waals surface area contributed by atoms with Crippen molar-refractivity contribution in [3.05, 3.63) is 55.4 Å². The van der Waals surface area contributed by atoms with Gasteiger partial charge < -0.3 is 0 Å². The molecule has 2 aromatic rings. The average Bonchev–Trinajstić information content (AvgIpc) is 2.61. The van der Waals surface area contributed by atoms with Gasteiger partial charge in [0.2, 0.25) is 0 Å². The fourth-order valence-corrected chi connectivity index (χ4v) is 2.08. The zero-order chi connectivity index (χ0) is 12.6. The molecule has 0 fully saturated rings. The van der Waals surface area contributed by atoms with Crippen LogP contribution in [0.1, 0.15) is 18.5 Å². The molecule has 1 aromatic heterocycles. The average molecular weight is 292 g/mol. The second-order valence-corrected chi connectivity index (χ2v) is 4.88. The van der Waals surface area contributed by atoms with Crippen molar-refractivity contribution in [1.82, 2.24) is 9.78 Å². The molecule has 1 aromatic carbocycles. The summed E-state index contributed by atoms with van der Waals surface area (Å²) in [6.45, 7) is 1.87. The van der Waals surface area contributed by atoms with Crippen molar-refractivity contribution in [2.45, 2.75) is 13.0 Å². The van der Waals surface area contributed by atoms with Crippen molar-refractivity contribution in [3.63, 3.8) is 0 Å². The van der Waals surface area contributed by atoms with Gasteiger partial charge in [-0.05, 0) is 24.6 Å². The Hall–Kier alpha value is -0.900. The zero-order valence-corrected chi connectivity index (χ0v) is 11.1. The molecule has 90 valence electrons. The Morgan fingerprint density at radius 2 is 1.88 bits per heavy atom. The van der Waals surface area contributed by atoms with Crippen molar-refractivity contribution in [3.8, 4) is 0 Å². The summed E-state index contributed by atoms with van der Waals surface area (Å²) < 4.78 is 1.43. The van der Waals surface area contributed by atoms with Gasteiger partial charge in [0.15, 0.2) is 0 Å². The molecule has 1 heterocycles. The molecule has 0 aliphatic rings. The fourth-order valence-electron chi connectivity index (χ4n) is 1.59. The molecule has 17 heavy (non-hydrogen) atoms. The first-order valence-corrected chi connectivity index (χ1v) is 6.04. The molecule has 2 rings (SSSR count). The Labute approximate surface area is 113 Å². The second-order valence-electron chi connectivity index (χ2n) is 3.66. The molecule has 0 amide bonds. The lowest BCUT2D eigenvalue weighted by atomic mass is 10.1. The Balaban J connectivity index is 2.43. The maximum atomic E-state index is 11.6. The summed E-state index contributed by atoms with van der Waals surface area (Å²) in [5, 5.41) is 4.02. The quantitative estimate of drug-likeness (QED) is 0.899. The number of H-pyrrole nitrogens is 1. The lowest BCUT2D eigenvalue weighted by Crippen LogP contribution is -2.20. The first-order valence-electron chi connectivity index (χ1n) is 4.91. The van der Waals surface area contributed by atoms with Gasteiger partial charge in [-0.25, -0.2) is 4.68 Å². The van der Waals surface area contributed by atoms with Crippen molar-refractivity contribution in [2.75, 3.05) is 0 Å². The predicted molar refractivity (Wildman–Crippen MR) is 70.3 cm³/mol. The van der Waals surface area contributed by atoms with E-state index in [1.807, 2.05) is 13.0 Å². The SMILES string of the molecule is CC(c1ccc(Cl)c(Cl)c1)n1[nH]c(Cl)cc1=O. The summed E-state index contributed by atoms with van der Waals surface area (Å²) in [5.74, 6) is 0. The van der Waals surface area contributed by atoms with E-state index in [0.717, 1.165) is 5.56 Å². The van der Waals surface area contributed by atoms with E-state index in [0.29, 0.717) is 15.2 Å². The maximum absolute atomic E-state index is 11.6. The number of aromatic nitrogens is 2. The summed E-state index contributed by atoms with van der Waals surface area (Å²) >= 11 is 17.5. The van der Waals surface area contributed by atoms with Crippen LogP contribution in [0, 0.1) is 0 Å². The monoisotopic (exact) mass is 290 g/mol. The van der Waals surface area contributed by atoms with Gasteiger partial charge in [-0.1, -0.05) is 40.9 Å². The number of nitrogens with one attached hydrogen (secondary N) is 1. The van der Waals surface area contributed by atoms with Gasteiger partial charge in [0.1, 0.15) is 5.15 Å². The molecule has 3 nitrogen and oxygen atoms in total. The Bertz CT molecular complexity index is 603. The van der Waals surface area contributed by atoms with E-state index in [2.05, 4.69) is 5.10 Å². The van der Waals surface area contributed by atoms with E-state index in [9.17, 15) is 4.79 Å². The minimum atomic E-state index is -0.190. The Morgan fingerprint density at radius 3 is 2.41 bits per heavy atom. The number of rotatable bonds is 2. The number of halogens is 3. The van der Waals surface area contributed by atoms with Crippen LogP contribution in [0.2, 0.25) is 15.2 Å². The van der Waals surface area contributed by atoms with Gasteiger partial charge in [-0.15, -0.1) is 0 Å². The molecule has 0 aliphatic heterocycles. The topological polar surface area (TPSA) is 37.8 Å². The highest BCUT2D eigenvalue weighted by Crippen LogP contribution is 2.26. The van der Waals surface area contributed by atoms with Gasteiger partial charge in [0, 0.05) is 6.07 Å². The van der Waals surface area contributed by atoms with E-state index in [4.69, 9.17) is 34.8 Å². The molecule has 1 unspecified atom stereocenters. The van der Waals surface area contributed by atoms with Crippen LogP contribution in [0.25, 0.3) is 0 Å².